The monoisotopic (exact) mass is 256 g/mol. The molecule has 3 aromatic rings. The number of thiazole rings is 1. The van der Waals surface area contributed by atoms with Gasteiger partial charge in [-0.3, -0.25) is 0 Å². The Bertz CT molecular complexity index is 663. The Morgan fingerprint density at radius 3 is 2.83 bits per heavy atom. The average molecular weight is 256 g/mol. The summed E-state index contributed by atoms with van der Waals surface area (Å²) < 4.78 is 1.19. The van der Waals surface area contributed by atoms with E-state index in [9.17, 15) is 0 Å². The fraction of sp³-hybridized carbons (Fsp3) is 0.154. The lowest BCUT2D eigenvalue weighted by molar-refractivity contribution is 1.15. The Kier molecular flexibility index (Phi) is 2.90. The van der Waals surface area contributed by atoms with Gasteiger partial charge in [0.05, 0.1) is 10.2 Å². The van der Waals surface area contributed by atoms with Crippen molar-refractivity contribution in [3.63, 3.8) is 0 Å². The number of fused-ring (bicyclic) bond motifs is 1. The fourth-order valence-corrected chi connectivity index (χ4v) is 2.62. The van der Waals surface area contributed by atoms with Crippen molar-refractivity contribution in [2.45, 2.75) is 13.3 Å². The highest BCUT2D eigenvalue weighted by Gasteiger charge is 2.05. The van der Waals surface area contributed by atoms with Crippen molar-refractivity contribution in [2.75, 3.05) is 5.32 Å². The highest BCUT2D eigenvalue weighted by Crippen LogP contribution is 2.28. The van der Waals surface area contributed by atoms with E-state index in [2.05, 4.69) is 45.4 Å². The maximum Gasteiger partial charge on any atom is 0.228 e. The zero-order chi connectivity index (χ0) is 12.4. The van der Waals surface area contributed by atoms with Crippen LogP contribution >= 0.6 is 11.3 Å². The van der Waals surface area contributed by atoms with Crippen molar-refractivity contribution >= 4 is 32.6 Å². The molecule has 0 aliphatic carbocycles. The lowest BCUT2D eigenvalue weighted by Gasteiger charge is -1.97. The standard InChI is InChI=1S/C13H12N4S/c1-2-9-4-5-10-11(8-9)18-13(16-10)17-12-14-6-3-7-15-12/h3-8H,2H2,1H3,(H,14,15,16,17). The second kappa shape index (κ2) is 4.70. The third-order valence-electron chi connectivity index (χ3n) is 2.65. The highest BCUT2D eigenvalue weighted by molar-refractivity contribution is 7.22. The molecule has 4 nitrogen and oxygen atoms in total. The molecule has 0 aliphatic rings. The number of benzene rings is 1. The van der Waals surface area contributed by atoms with E-state index in [4.69, 9.17) is 0 Å². The summed E-state index contributed by atoms with van der Waals surface area (Å²) in [6.45, 7) is 2.15. The zero-order valence-electron chi connectivity index (χ0n) is 9.92. The van der Waals surface area contributed by atoms with Crippen molar-refractivity contribution in [1.29, 1.82) is 0 Å². The summed E-state index contributed by atoms with van der Waals surface area (Å²) in [6.07, 6.45) is 4.45. The van der Waals surface area contributed by atoms with E-state index in [-0.39, 0.29) is 0 Å². The third-order valence-corrected chi connectivity index (χ3v) is 3.58. The van der Waals surface area contributed by atoms with Crippen molar-refractivity contribution in [3.8, 4) is 0 Å². The van der Waals surface area contributed by atoms with E-state index < -0.39 is 0 Å². The van der Waals surface area contributed by atoms with Gasteiger partial charge in [-0.15, -0.1) is 0 Å². The molecule has 0 unspecified atom stereocenters. The molecule has 5 heteroatoms. The third kappa shape index (κ3) is 2.17. The van der Waals surface area contributed by atoms with Gasteiger partial charge in [0.25, 0.3) is 0 Å². The summed E-state index contributed by atoms with van der Waals surface area (Å²) in [7, 11) is 0. The van der Waals surface area contributed by atoms with Crippen molar-refractivity contribution < 1.29 is 0 Å². The molecule has 1 N–H and O–H groups in total. The van der Waals surface area contributed by atoms with Crippen LogP contribution in [0, 0.1) is 0 Å². The van der Waals surface area contributed by atoms with Crippen LogP contribution in [-0.4, -0.2) is 15.0 Å². The van der Waals surface area contributed by atoms with E-state index >= 15 is 0 Å². The normalized spacial score (nSPS) is 10.7. The van der Waals surface area contributed by atoms with Gasteiger partial charge < -0.3 is 5.32 Å². The average Bonchev–Trinajstić information content (AvgIpc) is 2.80. The molecule has 0 saturated heterocycles. The topological polar surface area (TPSA) is 50.7 Å². The van der Waals surface area contributed by atoms with Gasteiger partial charge in [-0.2, -0.15) is 0 Å². The first kappa shape index (κ1) is 11.1. The molecule has 0 fully saturated rings. The smallest absolute Gasteiger partial charge is 0.228 e. The summed E-state index contributed by atoms with van der Waals surface area (Å²) in [4.78, 5) is 12.8. The van der Waals surface area contributed by atoms with Crippen molar-refractivity contribution in [3.05, 3.63) is 42.2 Å². The number of hydrogen-bond acceptors (Lipinski definition) is 5. The quantitative estimate of drug-likeness (QED) is 0.780. The number of hydrogen-bond donors (Lipinski definition) is 1. The van der Waals surface area contributed by atoms with Gasteiger partial charge in [-0.1, -0.05) is 24.3 Å². The molecule has 0 amide bonds. The lowest BCUT2D eigenvalue weighted by Crippen LogP contribution is -1.94. The number of nitrogens with zero attached hydrogens (tertiary/aromatic N) is 3. The van der Waals surface area contributed by atoms with Crippen LogP contribution in [0.4, 0.5) is 11.1 Å². The number of aryl methyl sites for hydroxylation is 1. The number of nitrogens with one attached hydrogen (secondary N) is 1. The van der Waals surface area contributed by atoms with Crippen LogP contribution in [0.2, 0.25) is 0 Å². The molecule has 0 spiro atoms. The summed E-state index contributed by atoms with van der Waals surface area (Å²) >= 11 is 1.62. The molecule has 0 radical (unpaired) electrons. The summed E-state index contributed by atoms with van der Waals surface area (Å²) in [5.74, 6) is 0.576. The van der Waals surface area contributed by atoms with Crippen molar-refractivity contribution in [2.24, 2.45) is 0 Å². The Morgan fingerprint density at radius 2 is 2.06 bits per heavy atom. The second-order valence-electron chi connectivity index (χ2n) is 3.87. The van der Waals surface area contributed by atoms with Crippen LogP contribution in [0.5, 0.6) is 0 Å². The Balaban J connectivity index is 1.94. The van der Waals surface area contributed by atoms with Gasteiger partial charge >= 0.3 is 0 Å². The van der Waals surface area contributed by atoms with E-state index in [0.29, 0.717) is 5.95 Å². The Labute approximate surface area is 109 Å². The first-order valence-corrected chi connectivity index (χ1v) is 6.60. The molecule has 0 atom stereocenters. The van der Waals surface area contributed by atoms with E-state index in [1.807, 2.05) is 0 Å². The summed E-state index contributed by atoms with van der Waals surface area (Å²) in [6, 6.07) is 8.15. The predicted molar refractivity (Wildman–Crippen MR) is 74.3 cm³/mol. The van der Waals surface area contributed by atoms with Crippen LogP contribution in [-0.2, 0) is 6.42 Å². The molecule has 90 valence electrons. The SMILES string of the molecule is CCc1ccc2nc(Nc3ncccn3)sc2c1. The largest absolute Gasteiger partial charge is 0.300 e. The molecule has 0 aliphatic heterocycles. The van der Waals surface area contributed by atoms with Gasteiger partial charge in [0.1, 0.15) is 0 Å². The minimum absolute atomic E-state index is 0.576. The Hall–Kier alpha value is -2.01. The molecule has 1 aromatic carbocycles. The fourth-order valence-electron chi connectivity index (χ4n) is 1.70. The second-order valence-corrected chi connectivity index (χ2v) is 4.90. The minimum Gasteiger partial charge on any atom is -0.300 e. The number of aromatic nitrogens is 3. The minimum atomic E-state index is 0.576. The maximum atomic E-state index is 4.51. The molecule has 0 saturated carbocycles. The van der Waals surface area contributed by atoms with Crippen LogP contribution in [0.3, 0.4) is 0 Å². The zero-order valence-corrected chi connectivity index (χ0v) is 10.7. The predicted octanol–water partition coefficient (Wildman–Crippen LogP) is 3.39. The number of rotatable bonds is 3. The maximum absolute atomic E-state index is 4.51. The first-order chi connectivity index (χ1) is 8.85. The van der Waals surface area contributed by atoms with Crippen LogP contribution in [0.15, 0.2) is 36.7 Å². The van der Waals surface area contributed by atoms with Gasteiger partial charge in [0, 0.05) is 12.4 Å². The lowest BCUT2D eigenvalue weighted by atomic mass is 10.2. The van der Waals surface area contributed by atoms with Crippen LogP contribution in [0.1, 0.15) is 12.5 Å². The van der Waals surface area contributed by atoms with Gasteiger partial charge in [-0.05, 0) is 30.2 Å². The summed E-state index contributed by atoms with van der Waals surface area (Å²) in [5.41, 5.74) is 2.34. The van der Waals surface area contributed by atoms with E-state index in [0.717, 1.165) is 17.1 Å². The van der Waals surface area contributed by atoms with Crippen LogP contribution in [0.25, 0.3) is 10.2 Å². The molecule has 3 rings (SSSR count). The molecule has 0 bridgehead atoms. The Morgan fingerprint density at radius 1 is 1.22 bits per heavy atom. The molecule has 2 aromatic heterocycles. The van der Waals surface area contributed by atoms with Gasteiger partial charge in [0.15, 0.2) is 5.13 Å². The van der Waals surface area contributed by atoms with Crippen molar-refractivity contribution in [1.82, 2.24) is 15.0 Å². The molecule has 2 heterocycles. The molecule has 18 heavy (non-hydrogen) atoms. The number of anilines is 2. The van der Waals surface area contributed by atoms with Gasteiger partial charge in [-0.25, -0.2) is 15.0 Å². The first-order valence-electron chi connectivity index (χ1n) is 5.78. The molecular weight excluding hydrogens is 244 g/mol. The highest BCUT2D eigenvalue weighted by atomic mass is 32.1. The summed E-state index contributed by atoms with van der Waals surface area (Å²) in [5, 5.41) is 3.94. The van der Waals surface area contributed by atoms with E-state index in [1.165, 1.54) is 10.3 Å². The van der Waals surface area contributed by atoms with Gasteiger partial charge in [0.2, 0.25) is 5.95 Å². The molecular formula is C13H12N4S. The van der Waals surface area contributed by atoms with E-state index in [1.54, 1.807) is 29.8 Å². The van der Waals surface area contributed by atoms with Crippen LogP contribution < -0.4 is 5.32 Å².